The van der Waals surface area contributed by atoms with E-state index in [1.54, 1.807) is 30.3 Å². The fourth-order valence-corrected chi connectivity index (χ4v) is 8.01. The van der Waals surface area contributed by atoms with Crippen molar-refractivity contribution >= 4 is 46.5 Å². The molecular weight excluding hydrogens is 590 g/mol. The number of aryl methyl sites for hydroxylation is 1. The van der Waals surface area contributed by atoms with Crippen molar-refractivity contribution in [3.05, 3.63) is 92.2 Å². The van der Waals surface area contributed by atoms with E-state index in [4.69, 9.17) is 33.7 Å². The minimum atomic E-state index is -1.16. The summed E-state index contributed by atoms with van der Waals surface area (Å²) in [4.78, 5) is 28.9. The summed E-state index contributed by atoms with van der Waals surface area (Å²) in [5.41, 5.74) is 9.74. The van der Waals surface area contributed by atoms with Crippen LogP contribution in [0.2, 0.25) is 10.0 Å². The molecule has 10 heteroatoms. The maximum Gasteiger partial charge on any atom is 0.338 e. The standard InChI is InChI=1S/C32H31Cl2FN4O3.CH4/c1-15-10-20(23(36)12-19(15)30(40)42-2)24-13-26-29(37-24)27(18-4-3-5-22(34)28(18)35)32(39(26)14-16-6-7-16)21-9-8-17(33)11-25(21)38-31(32)41;/h3-5,8-12,16,24,26-27,29,37H,6-7,13-14,36H2,1-2H3,(H,38,41);1H4/t24?,26-,27-,29+,32+;/m0./s1. The van der Waals surface area contributed by atoms with Gasteiger partial charge in [0, 0.05) is 52.5 Å². The number of nitrogen functional groups attached to an aromatic ring is 1. The van der Waals surface area contributed by atoms with E-state index in [2.05, 4.69) is 15.5 Å². The quantitative estimate of drug-likeness (QED) is 0.219. The molecule has 3 fully saturated rings. The summed E-state index contributed by atoms with van der Waals surface area (Å²) in [5, 5.41) is 7.40. The van der Waals surface area contributed by atoms with Crippen molar-refractivity contribution in [3.63, 3.8) is 0 Å². The second-order valence-corrected chi connectivity index (χ2v) is 12.8. The summed E-state index contributed by atoms with van der Waals surface area (Å²) in [6.07, 6.45) is 2.83. The Bertz CT molecular complexity index is 1650. The second kappa shape index (κ2) is 10.8. The molecule has 1 amide bonds. The lowest BCUT2D eigenvalue weighted by molar-refractivity contribution is -0.128. The van der Waals surface area contributed by atoms with Crippen LogP contribution in [0, 0.1) is 18.7 Å². The van der Waals surface area contributed by atoms with Crippen LogP contribution in [0.5, 0.6) is 0 Å². The number of hydrogen-bond donors (Lipinski definition) is 3. The van der Waals surface area contributed by atoms with Crippen molar-refractivity contribution in [3.8, 4) is 0 Å². The molecule has 3 aromatic carbocycles. The predicted molar refractivity (Wildman–Crippen MR) is 167 cm³/mol. The van der Waals surface area contributed by atoms with Crippen LogP contribution in [0.4, 0.5) is 15.8 Å². The van der Waals surface area contributed by atoms with Gasteiger partial charge in [-0.1, -0.05) is 54.9 Å². The van der Waals surface area contributed by atoms with Crippen LogP contribution in [0.3, 0.4) is 0 Å². The molecule has 4 N–H and O–H groups in total. The van der Waals surface area contributed by atoms with Crippen LogP contribution < -0.4 is 16.4 Å². The van der Waals surface area contributed by atoms with Crippen molar-refractivity contribution in [2.24, 2.45) is 5.92 Å². The molecule has 3 aromatic rings. The number of rotatable bonds is 5. The van der Waals surface area contributed by atoms with Gasteiger partial charge in [0.25, 0.3) is 0 Å². The van der Waals surface area contributed by atoms with Crippen LogP contribution in [0.25, 0.3) is 0 Å². The third-order valence-electron chi connectivity index (χ3n) is 9.61. The van der Waals surface area contributed by atoms with Crippen molar-refractivity contribution in [1.82, 2.24) is 10.2 Å². The van der Waals surface area contributed by atoms with Gasteiger partial charge >= 0.3 is 5.97 Å². The minimum absolute atomic E-state index is 0. The Morgan fingerprint density at radius 3 is 2.65 bits per heavy atom. The maximum absolute atomic E-state index is 16.0. The van der Waals surface area contributed by atoms with E-state index in [0.29, 0.717) is 46.4 Å². The molecule has 5 atom stereocenters. The highest BCUT2D eigenvalue weighted by Crippen LogP contribution is 2.61. The van der Waals surface area contributed by atoms with Gasteiger partial charge in [0.2, 0.25) is 5.91 Å². The Morgan fingerprint density at radius 1 is 1.16 bits per heavy atom. The van der Waals surface area contributed by atoms with E-state index < -0.39 is 23.2 Å². The summed E-state index contributed by atoms with van der Waals surface area (Å²) >= 11 is 12.7. The lowest BCUT2D eigenvalue weighted by Crippen LogP contribution is -2.53. The molecule has 3 aliphatic heterocycles. The third kappa shape index (κ3) is 4.45. The highest BCUT2D eigenvalue weighted by Gasteiger charge is 2.69. The van der Waals surface area contributed by atoms with E-state index in [1.165, 1.54) is 13.2 Å². The molecule has 2 saturated heterocycles. The molecule has 0 aromatic heterocycles. The molecule has 1 unspecified atom stereocenters. The van der Waals surface area contributed by atoms with Crippen LogP contribution in [0.15, 0.2) is 48.5 Å². The van der Waals surface area contributed by atoms with Gasteiger partial charge in [-0.3, -0.25) is 9.69 Å². The van der Waals surface area contributed by atoms with Crippen molar-refractivity contribution < 1.29 is 18.7 Å². The third-order valence-corrected chi connectivity index (χ3v) is 10.1. The summed E-state index contributed by atoms with van der Waals surface area (Å²) < 4.78 is 20.9. The highest BCUT2D eigenvalue weighted by molar-refractivity contribution is 6.31. The van der Waals surface area contributed by atoms with Crippen LogP contribution in [0.1, 0.15) is 71.3 Å². The maximum atomic E-state index is 16.0. The molecule has 7 rings (SSSR count). The Kier molecular flexibility index (Phi) is 7.48. The summed E-state index contributed by atoms with van der Waals surface area (Å²) in [7, 11) is 1.34. The number of esters is 1. The molecule has 1 saturated carbocycles. The van der Waals surface area contributed by atoms with Gasteiger partial charge in [-0.15, -0.1) is 0 Å². The number of halogens is 3. The van der Waals surface area contributed by atoms with Gasteiger partial charge in [0.1, 0.15) is 11.4 Å². The molecule has 1 spiro atoms. The summed E-state index contributed by atoms with van der Waals surface area (Å²) in [5.74, 6) is -1.28. The zero-order chi connectivity index (χ0) is 29.5. The number of benzene rings is 3. The van der Waals surface area contributed by atoms with Gasteiger partial charge in [-0.25, -0.2) is 9.18 Å². The number of methoxy groups -OCH3 is 1. The highest BCUT2D eigenvalue weighted by atomic mass is 35.5. The molecule has 226 valence electrons. The van der Waals surface area contributed by atoms with E-state index in [1.807, 2.05) is 19.1 Å². The van der Waals surface area contributed by atoms with Crippen molar-refractivity contribution in [2.75, 3.05) is 24.7 Å². The van der Waals surface area contributed by atoms with Crippen molar-refractivity contribution in [2.45, 2.75) is 63.2 Å². The number of amides is 1. The SMILES string of the molecule is C.COC(=O)c1cc(N)c(C2C[C@H]3[C@@H](N2)[C@H](c2cccc(Cl)c2F)[C@]2(C(=O)Nc4cc(Cl)ccc42)N3CC2CC2)cc1C. The molecule has 4 aliphatic rings. The van der Waals surface area contributed by atoms with E-state index in [0.717, 1.165) is 29.5 Å². The molecule has 0 radical (unpaired) electrons. The molecule has 3 heterocycles. The normalized spacial score (nSPS) is 27.5. The van der Waals surface area contributed by atoms with E-state index >= 15 is 4.39 Å². The fourth-order valence-electron chi connectivity index (χ4n) is 7.66. The van der Waals surface area contributed by atoms with E-state index in [-0.39, 0.29) is 36.5 Å². The number of nitrogens with zero attached hydrogens (tertiary/aromatic N) is 1. The second-order valence-electron chi connectivity index (χ2n) is 12.0. The van der Waals surface area contributed by atoms with Crippen LogP contribution >= 0.6 is 23.2 Å². The monoisotopic (exact) mass is 624 g/mol. The van der Waals surface area contributed by atoms with Crippen LogP contribution in [-0.2, 0) is 15.1 Å². The van der Waals surface area contributed by atoms with Gasteiger partial charge in [-0.2, -0.15) is 0 Å². The number of likely N-dealkylation sites (tertiary alicyclic amines) is 1. The first-order chi connectivity index (χ1) is 20.1. The molecule has 7 nitrogen and oxygen atoms in total. The first-order valence-electron chi connectivity index (χ1n) is 14.2. The largest absolute Gasteiger partial charge is 0.465 e. The smallest absolute Gasteiger partial charge is 0.338 e. The first kappa shape index (κ1) is 29.9. The number of carbonyl (C=O) groups is 2. The Labute approximate surface area is 260 Å². The number of nitrogens with one attached hydrogen (secondary N) is 2. The van der Waals surface area contributed by atoms with Crippen LogP contribution in [-0.4, -0.2) is 42.5 Å². The zero-order valence-corrected chi connectivity index (χ0v) is 24.7. The first-order valence-corrected chi connectivity index (χ1v) is 15.0. The molecule has 0 bridgehead atoms. The Balaban J connectivity index is 0.00000329. The number of ether oxygens (including phenoxy) is 1. The van der Waals surface area contributed by atoms with Crippen molar-refractivity contribution in [1.29, 1.82) is 0 Å². The number of fused-ring (bicyclic) bond motifs is 3. The molecular formula is C33H35Cl2FN4O3. The minimum Gasteiger partial charge on any atom is -0.465 e. The Hall–Kier alpha value is -3.17. The summed E-state index contributed by atoms with van der Waals surface area (Å²) in [6, 6.07) is 13.5. The number of carbonyl (C=O) groups excluding carboxylic acids is 2. The van der Waals surface area contributed by atoms with Gasteiger partial charge in [0.05, 0.1) is 17.7 Å². The average molecular weight is 626 g/mol. The Morgan fingerprint density at radius 2 is 1.93 bits per heavy atom. The lowest BCUT2D eigenvalue weighted by Gasteiger charge is -2.41. The fraction of sp³-hybridized carbons (Fsp3) is 0.394. The number of nitrogens with two attached hydrogens (primary N) is 1. The average Bonchev–Trinajstić information content (AvgIpc) is 3.53. The molecule has 43 heavy (non-hydrogen) atoms. The zero-order valence-electron chi connectivity index (χ0n) is 23.2. The molecule has 1 aliphatic carbocycles. The van der Waals surface area contributed by atoms with Gasteiger partial charge < -0.3 is 21.1 Å². The number of hydrogen-bond acceptors (Lipinski definition) is 6. The number of anilines is 2. The topological polar surface area (TPSA) is 96.7 Å². The van der Waals surface area contributed by atoms with Gasteiger partial charge in [0.15, 0.2) is 0 Å². The predicted octanol–water partition coefficient (Wildman–Crippen LogP) is 6.57. The van der Waals surface area contributed by atoms with Gasteiger partial charge in [-0.05, 0) is 73.1 Å². The summed E-state index contributed by atoms with van der Waals surface area (Å²) in [6.45, 7) is 2.56. The van der Waals surface area contributed by atoms with E-state index in [9.17, 15) is 9.59 Å². The lowest BCUT2D eigenvalue weighted by atomic mass is 9.73.